The summed E-state index contributed by atoms with van der Waals surface area (Å²) in [7, 11) is 4.31. The highest BCUT2D eigenvalue weighted by Crippen LogP contribution is 2.40. The predicted octanol–water partition coefficient (Wildman–Crippen LogP) is 3.30. The van der Waals surface area contributed by atoms with Crippen LogP contribution in [0.1, 0.15) is 38.3 Å². The molecule has 1 aliphatic heterocycles. The van der Waals surface area contributed by atoms with E-state index in [2.05, 4.69) is 16.0 Å². The van der Waals surface area contributed by atoms with Crippen LogP contribution in [0.3, 0.4) is 0 Å². The molecule has 3 aromatic rings. The van der Waals surface area contributed by atoms with Gasteiger partial charge in [0.25, 0.3) is 11.8 Å². The summed E-state index contributed by atoms with van der Waals surface area (Å²) in [5, 5.41) is 7.93. The first-order valence-electron chi connectivity index (χ1n) is 12.5. The van der Waals surface area contributed by atoms with Crippen LogP contribution in [0.2, 0.25) is 0 Å². The van der Waals surface area contributed by atoms with Crippen molar-refractivity contribution >= 4 is 35.0 Å². The summed E-state index contributed by atoms with van der Waals surface area (Å²) < 4.78 is 22.2. The van der Waals surface area contributed by atoms with Gasteiger partial charge in [0.2, 0.25) is 17.6 Å². The summed E-state index contributed by atoms with van der Waals surface area (Å²) in [5.41, 5.74) is 7.64. The molecular formula is C29H30N4O8. The smallest absolute Gasteiger partial charge is 0.256 e. The van der Waals surface area contributed by atoms with E-state index in [1.54, 1.807) is 12.1 Å². The zero-order valence-corrected chi connectivity index (χ0v) is 23.2. The zero-order chi connectivity index (χ0) is 29.8. The quantitative estimate of drug-likeness (QED) is 0.308. The van der Waals surface area contributed by atoms with Gasteiger partial charge in [-0.2, -0.15) is 0 Å². The number of methoxy groups -OCH3 is 3. The molecule has 0 saturated carbocycles. The average Bonchev–Trinajstić information content (AvgIpc) is 3.02. The molecule has 1 heterocycles. The maximum atomic E-state index is 13.5. The predicted molar refractivity (Wildman–Crippen MR) is 150 cm³/mol. The number of amides is 4. The van der Waals surface area contributed by atoms with Crippen molar-refractivity contribution in [1.82, 2.24) is 5.32 Å². The monoisotopic (exact) mass is 562 g/mol. The Labute approximate surface area is 236 Å². The van der Waals surface area contributed by atoms with Gasteiger partial charge in [0, 0.05) is 5.56 Å². The number of benzene rings is 3. The van der Waals surface area contributed by atoms with Crippen LogP contribution in [0.15, 0.2) is 42.5 Å². The van der Waals surface area contributed by atoms with Gasteiger partial charge in [-0.3, -0.25) is 19.2 Å². The topological polar surface area (TPSA) is 167 Å². The molecule has 214 valence electrons. The number of carbonyl (C=O) groups is 4. The van der Waals surface area contributed by atoms with Gasteiger partial charge in [-0.05, 0) is 61.4 Å². The Kier molecular flexibility index (Phi) is 8.32. The van der Waals surface area contributed by atoms with Gasteiger partial charge in [-0.15, -0.1) is 0 Å². The Morgan fingerprint density at radius 2 is 1.51 bits per heavy atom. The summed E-state index contributed by atoms with van der Waals surface area (Å²) in [6.07, 6.45) is -0.387. The number of ether oxygens (including phenoxy) is 4. The summed E-state index contributed by atoms with van der Waals surface area (Å²) >= 11 is 0. The number of fused-ring (bicyclic) bond motifs is 1. The van der Waals surface area contributed by atoms with Crippen LogP contribution in [-0.4, -0.2) is 51.0 Å². The molecule has 0 radical (unpaired) electrons. The molecule has 0 fully saturated rings. The number of hydrogen-bond acceptors (Lipinski definition) is 8. The average molecular weight is 563 g/mol. The van der Waals surface area contributed by atoms with Crippen LogP contribution in [-0.2, 0) is 9.59 Å². The summed E-state index contributed by atoms with van der Waals surface area (Å²) in [6.45, 7) is 3.82. The second kappa shape index (κ2) is 11.9. The molecule has 0 aromatic heterocycles. The van der Waals surface area contributed by atoms with Gasteiger partial charge in [0.05, 0.1) is 44.7 Å². The molecule has 1 aliphatic rings. The molecule has 5 N–H and O–H groups in total. The fourth-order valence-corrected chi connectivity index (χ4v) is 4.44. The number of anilines is 2. The standard InChI is InChI=1S/C29H30N4O8/c1-14-6-15(2)8-17(7-14)41-22-11-18-19(31-29(37)21(13-25(30)34)33-28(18)36)12-20(22)32-27(35)16-9-23(38-3)26(40-5)24(10-16)39-4/h6-12,21H,13H2,1-5H3,(H2,30,34)(H,31,37)(H,32,35)(H,33,36)/t21-/m0/s1. The molecule has 1 atom stereocenters. The third-order valence-electron chi connectivity index (χ3n) is 6.25. The molecule has 41 heavy (non-hydrogen) atoms. The number of carbonyl (C=O) groups excluding carboxylic acids is 4. The fraction of sp³-hybridized carbons (Fsp3) is 0.241. The van der Waals surface area contributed by atoms with E-state index >= 15 is 0 Å². The minimum Gasteiger partial charge on any atom is -0.493 e. The molecule has 0 unspecified atom stereocenters. The first-order valence-corrected chi connectivity index (χ1v) is 12.5. The van der Waals surface area contributed by atoms with Crippen molar-refractivity contribution in [2.24, 2.45) is 5.73 Å². The van der Waals surface area contributed by atoms with Gasteiger partial charge in [-0.25, -0.2) is 0 Å². The van der Waals surface area contributed by atoms with E-state index < -0.39 is 29.7 Å². The molecule has 0 saturated heterocycles. The van der Waals surface area contributed by atoms with E-state index in [0.29, 0.717) is 11.5 Å². The maximum Gasteiger partial charge on any atom is 0.256 e. The van der Waals surface area contributed by atoms with Gasteiger partial charge < -0.3 is 40.6 Å². The number of rotatable bonds is 9. The SMILES string of the molecule is COc1cc(C(=O)Nc2cc3c(cc2Oc2cc(C)cc(C)c2)C(=O)N[C@@H](CC(N)=O)C(=O)N3)cc(OC)c1OC. The number of nitrogens with one attached hydrogen (secondary N) is 3. The van der Waals surface area contributed by atoms with Gasteiger partial charge in [-0.1, -0.05) is 6.07 Å². The summed E-state index contributed by atoms with van der Waals surface area (Å²) in [4.78, 5) is 50.8. The molecule has 3 aromatic carbocycles. The van der Waals surface area contributed by atoms with E-state index in [4.69, 9.17) is 24.7 Å². The lowest BCUT2D eigenvalue weighted by Gasteiger charge is -2.17. The van der Waals surface area contributed by atoms with E-state index in [1.165, 1.54) is 45.6 Å². The normalized spacial score (nSPS) is 14.1. The first-order chi connectivity index (χ1) is 19.5. The van der Waals surface area contributed by atoms with Crippen LogP contribution < -0.4 is 40.6 Å². The van der Waals surface area contributed by atoms with Crippen LogP contribution >= 0.6 is 0 Å². The fourth-order valence-electron chi connectivity index (χ4n) is 4.44. The lowest BCUT2D eigenvalue weighted by molar-refractivity contribution is -0.123. The van der Waals surface area contributed by atoms with Crippen LogP contribution in [0, 0.1) is 13.8 Å². The lowest BCUT2D eigenvalue weighted by Crippen LogP contribution is -2.43. The molecule has 0 aliphatic carbocycles. The molecule has 0 bridgehead atoms. The second-order valence-electron chi connectivity index (χ2n) is 9.37. The van der Waals surface area contributed by atoms with Crippen molar-refractivity contribution in [3.05, 3.63) is 64.7 Å². The van der Waals surface area contributed by atoms with Gasteiger partial charge >= 0.3 is 0 Å². The van der Waals surface area contributed by atoms with Crippen molar-refractivity contribution in [2.75, 3.05) is 32.0 Å². The Hall–Kier alpha value is -5.26. The highest BCUT2D eigenvalue weighted by molar-refractivity contribution is 6.13. The number of hydrogen-bond donors (Lipinski definition) is 4. The minimum atomic E-state index is -1.17. The van der Waals surface area contributed by atoms with Crippen molar-refractivity contribution in [1.29, 1.82) is 0 Å². The lowest BCUT2D eigenvalue weighted by atomic mass is 10.1. The van der Waals surface area contributed by atoms with Crippen molar-refractivity contribution < 1.29 is 38.1 Å². The van der Waals surface area contributed by atoms with Gasteiger partial charge in [0.15, 0.2) is 17.2 Å². The third kappa shape index (κ3) is 6.32. The van der Waals surface area contributed by atoms with Crippen LogP contribution in [0.5, 0.6) is 28.7 Å². The van der Waals surface area contributed by atoms with E-state index in [-0.39, 0.29) is 46.2 Å². The number of aryl methyl sites for hydroxylation is 2. The number of nitrogens with two attached hydrogens (primary N) is 1. The molecule has 0 spiro atoms. The Bertz CT molecular complexity index is 1510. The summed E-state index contributed by atoms with van der Waals surface area (Å²) in [6, 6.07) is 10.2. The molecule has 4 amide bonds. The molecule has 12 heteroatoms. The Morgan fingerprint density at radius 1 is 0.878 bits per heavy atom. The largest absolute Gasteiger partial charge is 0.493 e. The van der Waals surface area contributed by atoms with Gasteiger partial charge in [0.1, 0.15) is 11.8 Å². The Balaban J connectivity index is 1.79. The van der Waals surface area contributed by atoms with Crippen molar-refractivity contribution in [3.63, 3.8) is 0 Å². The zero-order valence-electron chi connectivity index (χ0n) is 23.2. The first kappa shape index (κ1) is 28.7. The number of primary amides is 1. The Morgan fingerprint density at radius 3 is 2.07 bits per heavy atom. The third-order valence-corrected chi connectivity index (χ3v) is 6.25. The molecule has 4 rings (SSSR count). The minimum absolute atomic E-state index is 0.0653. The van der Waals surface area contributed by atoms with Crippen molar-refractivity contribution in [2.45, 2.75) is 26.3 Å². The van der Waals surface area contributed by atoms with Crippen LogP contribution in [0.25, 0.3) is 0 Å². The van der Waals surface area contributed by atoms with E-state index in [9.17, 15) is 19.2 Å². The highest BCUT2D eigenvalue weighted by Gasteiger charge is 2.31. The van der Waals surface area contributed by atoms with Crippen molar-refractivity contribution in [3.8, 4) is 28.7 Å². The molecule has 12 nitrogen and oxygen atoms in total. The van der Waals surface area contributed by atoms with E-state index in [1.807, 2.05) is 19.9 Å². The molecular weight excluding hydrogens is 532 g/mol. The maximum absolute atomic E-state index is 13.5. The highest BCUT2D eigenvalue weighted by atomic mass is 16.5. The van der Waals surface area contributed by atoms with Crippen LogP contribution in [0.4, 0.5) is 11.4 Å². The summed E-state index contributed by atoms with van der Waals surface area (Å²) in [5.74, 6) is -1.13. The van der Waals surface area contributed by atoms with E-state index in [0.717, 1.165) is 11.1 Å². The second-order valence-corrected chi connectivity index (χ2v) is 9.37.